The number of amides is 1. The summed E-state index contributed by atoms with van der Waals surface area (Å²) in [5, 5.41) is 0. The number of aromatic nitrogens is 2. The van der Waals surface area contributed by atoms with E-state index in [1.165, 1.54) is 30.4 Å². The smallest absolute Gasteiger partial charge is 0.223 e. The van der Waals surface area contributed by atoms with Crippen molar-refractivity contribution in [1.82, 2.24) is 14.5 Å². The molecule has 32 heavy (non-hydrogen) atoms. The highest BCUT2D eigenvalue weighted by molar-refractivity contribution is 5.81. The molecule has 1 saturated heterocycles. The molecule has 0 spiro atoms. The second-order valence-corrected chi connectivity index (χ2v) is 9.52. The molecule has 2 heterocycles. The molecule has 0 bridgehead atoms. The van der Waals surface area contributed by atoms with Gasteiger partial charge in [-0.3, -0.25) is 4.79 Å². The lowest BCUT2D eigenvalue weighted by molar-refractivity contribution is -0.130. The number of fused-ring (bicyclic) bond motifs is 1. The van der Waals surface area contributed by atoms with E-state index in [0.29, 0.717) is 25.0 Å². The van der Waals surface area contributed by atoms with Gasteiger partial charge in [-0.05, 0) is 62.1 Å². The fourth-order valence-electron chi connectivity index (χ4n) is 5.56. The van der Waals surface area contributed by atoms with Crippen molar-refractivity contribution in [3.63, 3.8) is 0 Å². The van der Waals surface area contributed by atoms with Crippen molar-refractivity contribution in [2.75, 3.05) is 13.2 Å². The lowest BCUT2D eigenvalue weighted by Gasteiger charge is -2.31. The monoisotopic (exact) mass is 431 g/mol. The van der Waals surface area contributed by atoms with E-state index in [2.05, 4.69) is 59.7 Å². The van der Waals surface area contributed by atoms with Crippen molar-refractivity contribution in [2.24, 2.45) is 0 Å². The predicted molar refractivity (Wildman–Crippen MR) is 127 cm³/mol. The van der Waals surface area contributed by atoms with Crippen LogP contribution in [0, 0.1) is 13.8 Å². The minimum Gasteiger partial charge on any atom is -0.492 e. The molecule has 2 aliphatic rings. The maximum atomic E-state index is 12.9. The zero-order valence-corrected chi connectivity index (χ0v) is 19.2. The van der Waals surface area contributed by atoms with Crippen molar-refractivity contribution >= 4 is 16.9 Å². The van der Waals surface area contributed by atoms with Crippen LogP contribution in [0.3, 0.4) is 0 Å². The van der Waals surface area contributed by atoms with E-state index in [1.54, 1.807) is 0 Å². The van der Waals surface area contributed by atoms with E-state index in [-0.39, 0.29) is 5.92 Å². The number of aryl methyl sites for hydroxylation is 2. The Balaban J connectivity index is 1.36. The van der Waals surface area contributed by atoms with Crippen LogP contribution in [0.25, 0.3) is 11.0 Å². The second-order valence-electron chi connectivity index (χ2n) is 9.52. The SMILES string of the molecule is Cc1cc(C)cc(OCCn2c(C3CC(=O)N(C4CCCCC4)C3)nc3ccccc32)c1. The molecule has 5 rings (SSSR count). The first-order chi connectivity index (χ1) is 15.6. The molecule has 1 saturated carbocycles. The maximum Gasteiger partial charge on any atom is 0.223 e. The van der Waals surface area contributed by atoms with Crippen molar-refractivity contribution in [3.8, 4) is 5.75 Å². The lowest BCUT2D eigenvalue weighted by Crippen LogP contribution is -2.37. The van der Waals surface area contributed by atoms with E-state index >= 15 is 0 Å². The van der Waals surface area contributed by atoms with Gasteiger partial charge in [0.1, 0.15) is 18.2 Å². The number of imidazole rings is 1. The quantitative estimate of drug-likeness (QED) is 0.526. The van der Waals surface area contributed by atoms with Crippen molar-refractivity contribution in [1.29, 1.82) is 0 Å². The molecule has 0 N–H and O–H groups in total. The summed E-state index contributed by atoms with van der Waals surface area (Å²) in [4.78, 5) is 20.1. The summed E-state index contributed by atoms with van der Waals surface area (Å²) in [7, 11) is 0. The first-order valence-electron chi connectivity index (χ1n) is 12.0. The standard InChI is InChI=1S/C27H33N3O2/c1-19-14-20(2)16-23(15-19)32-13-12-29-25-11-7-6-10-24(25)28-27(29)21-17-26(31)30(18-21)22-8-4-3-5-9-22/h6-7,10-11,14-16,21-22H,3-5,8-9,12-13,17-18H2,1-2H3. The summed E-state index contributed by atoms with van der Waals surface area (Å²) in [6.07, 6.45) is 6.66. The van der Waals surface area contributed by atoms with E-state index < -0.39 is 0 Å². The van der Waals surface area contributed by atoms with Crippen LogP contribution in [0.2, 0.25) is 0 Å². The molecule has 2 fully saturated rings. The predicted octanol–water partition coefficient (Wildman–Crippen LogP) is 5.38. The zero-order chi connectivity index (χ0) is 22.1. The van der Waals surface area contributed by atoms with Gasteiger partial charge in [-0.15, -0.1) is 0 Å². The molecule has 2 aromatic carbocycles. The van der Waals surface area contributed by atoms with Crippen LogP contribution < -0.4 is 4.74 Å². The third-order valence-electron chi connectivity index (χ3n) is 7.00. The molecule has 5 nitrogen and oxygen atoms in total. The molecule has 1 atom stereocenters. The zero-order valence-electron chi connectivity index (χ0n) is 19.2. The number of likely N-dealkylation sites (tertiary alicyclic amines) is 1. The molecule has 1 amide bonds. The Labute approximate surface area is 190 Å². The number of ether oxygens (including phenoxy) is 1. The fraction of sp³-hybridized carbons (Fsp3) is 0.481. The van der Waals surface area contributed by atoms with Crippen molar-refractivity contribution in [2.45, 2.75) is 70.9 Å². The van der Waals surface area contributed by atoms with E-state index in [0.717, 1.165) is 48.5 Å². The maximum absolute atomic E-state index is 12.9. The van der Waals surface area contributed by atoms with Crippen LogP contribution >= 0.6 is 0 Å². The Morgan fingerprint density at radius 1 is 1.03 bits per heavy atom. The van der Waals surface area contributed by atoms with Gasteiger partial charge in [-0.2, -0.15) is 0 Å². The third-order valence-corrected chi connectivity index (χ3v) is 7.00. The van der Waals surface area contributed by atoms with Crippen LogP contribution in [0.1, 0.15) is 61.4 Å². The van der Waals surface area contributed by atoms with Gasteiger partial charge in [0.25, 0.3) is 0 Å². The molecule has 1 aliphatic carbocycles. The summed E-state index contributed by atoms with van der Waals surface area (Å²) < 4.78 is 8.40. The molecular formula is C27H33N3O2. The third kappa shape index (κ3) is 4.25. The average Bonchev–Trinajstić information content (AvgIpc) is 3.34. The number of hydrogen-bond acceptors (Lipinski definition) is 3. The van der Waals surface area contributed by atoms with Crippen LogP contribution in [0.4, 0.5) is 0 Å². The molecule has 168 valence electrons. The van der Waals surface area contributed by atoms with Gasteiger partial charge in [0, 0.05) is 24.9 Å². The number of hydrogen-bond donors (Lipinski definition) is 0. The number of para-hydroxylation sites is 2. The number of carbonyl (C=O) groups is 1. The molecule has 3 aromatic rings. The molecule has 5 heteroatoms. The Hall–Kier alpha value is -2.82. The Morgan fingerprint density at radius 3 is 2.56 bits per heavy atom. The highest BCUT2D eigenvalue weighted by Gasteiger charge is 2.37. The normalized spacial score (nSPS) is 19.8. The first-order valence-corrected chi connectivity index (χ1v) is 12.0. The average molecular weight is 432 g/mol. The molecule has 0 radical (unpaired) electrons. The first kappa shape index (κ1) is 21.0. The second kappa shape index (κ2) is 8.97. The molecule has 1 aromatic heterocycles. The fourth-order valence-corrected chi connectivity index (χ4v) is 5.56. The number of nitrogens with zero attached hydrogens (tertiary/aromatic N) is 3. The highest BCUT2D eigenvalue weighted by atomic mass is 16.5. The van der Waals surface area contributed by atoms with Crippen LogP contribution in [-0.2, 0) is 11.3 Å². The molecule has 1 unspecified atom stereocenters. The van der Waals surface area contributed by atoms with E-state index in [1.807, 2.05) is 6.07 Å². The number of rotatable bonds is 6. The van der Waals surface area contributed by atoms with Crippen LogP contribution in [-0.4, -0.2) is 39.6 Å². The van der Waals surface area contributed by atoms with Crippen molar-refractivity contribution in [3.05, 3.63) is 59.4 Å². The summed E-state index contributed by atoms with van der Waals surface area (Å²) in [6, 6.07) is 15.0. The van der Waals surface area contributed by atoms with Gasteiger partial charge in [-0.1, -0.05) is 37.5 Å². The van der Waals surface area contributed by atoms with E-state index in [4.69, 9.17) is 9.72 Å². The van der Waals surface area contributed by atoms with Gasteiger partial charge >= 0.3 is 0 Å². The van der Waals surface area contributed by atoms with Gasteiger partial charge in [0.15, 0.2) is 0 Å². The molecule has 1 aliphatic heterocycles. The Morgan fingerprint density at radius 2 is 1.78 bits per heavy atom. The topological polar surface area (TPSA) is 47.4 Å². The summed E-state index contributed by atoms with van der Waals surface area (Å²) in [5.41, 5.74) is 4.54. The summed E-state index contributed by atoms with van der Waals surface area (Å²) in [6.45, 7) is 6.28. The van der Waals surface area contributed by atoms with Gasteiger partial charge in [-0.25, -0.2) is 4.98 Å². The van der Waals surface area contributed by atoms with Crippen LogP contribution in [0.15, 0.2) is 42.5 Å². The largest absolute Gasteiger partial charge is 0.492 e. The van der Waals surface area contributed by atoms with Gasteiger partial charge < -0.3 is 14.2 Å². The van der Waals surface area contributed by atoms with Gasteiger partial charge in [0.2, 0.25) is 5.91 Å². The molecular weight excluding hydrogens is 398 g/mol. The van der Waals surface area contributed by atoms with Crippen LogP contribution in [0.5, 0.6) is 5.75 Å². The summed E-state index contributed by atoms with van der Waals surface area (Å²) >= 11 is 0. The summed E-state index contributed by atoms with van der Waals surface area (Å²) in [5.74, 6) is 2.39. The number of benzene rings is 2. The Kier molecular flexibility index (Phi) is 5.90. The minimum absolute atomic E-state index is 0.151. The van der Waals surface area contributed by atoms with E-state index in [9.17, 15) is 4.79 Å². The highest BCUT2D eigenvalue weighted by Crippen LogP contribution is 2.34. The van der Waals surface area contributed by atoms with Crippen molar-refractivity contribution < 1.29 is 9.53 Å². The minimum atomic E-state index is 0.151. The van der Waals surface area contributed by atoms with Gasteiger partial charge in [0.05, 0.1) is 17.6 Å². The number of carbonyl (C=O) groups excluding carboxylic acids is 1. The lowest BCUT2D eigenvalue weighted by atomic mass is 9.94. The Bertz CT molecular complexity index is 1090.